The lowest BCUT2D eigenvalue weighted by molar-refractivity contribution is -0.144. The van der Waals surface area contributed by atoms with Crippen molar-refractivity contribution in [3.8, 4) is 6.07 Å². The highest BCUT2D eigenvalue weighted by Gasteiger charge is 2.39. The molecule has 9 heteroatoms. The molecule has 3 fully saturated rings. The molecule has 0 saturated carbocycles. The van der Waals surface area contributed by atoms with E-state index in [0.29, 0.717) is 22.5 Å². The molecule has 0 unspecified atom stereocenters. The van der Waals surface area contributed by atoms with Crippen molar-refractivity contribution in [3.05, 3.63) is 46.4 Å². The molecule has 0 spiro atoms. The van der Waals surface area contributed by atoms with Crippen LogP contribution in [0.3, 0.4) is 0 Å². The minimum atomic E-state index is 0.0300. The highest BCUT2D eigenvalue weighted by Crippen LogP contribution is 2.27. The number of benzene rings is 1. The van der Waals surface area contributed by atoms with Crippen molar-refractivity contribution in [2.24, 2.45) is 5.92 Å². The smallest absolute Gasteiger partial charge is 0.282 e. The van der Waals surface area contributed by atoms with Crippen LogP contribution in [-0.4, -0.2) is 89.9 Å². The van der Waals surface area contributed by atoms with Crippen LogP contribution in [0.1, 0.15) is 28.2 Å². The number of piperazine rings is 1. The lowest BCUT2D eigenvalue weighted by Gasteiger charge is -2.49. The number of anilines is 1. The molecule has 1 aromatic heterocycles. The van der Waals surface area contributed by atoms with Gasteiger partial charge >= 0.3 is 0 Å². The summed E-state index contributed by atoms with van der Waals surface area (Å²) in [5.41, 5.74) is 1.79. The minimum Gasteiger partial charge on any atom is -0.371 e. The third-order valence-corrected chi connectivity index (χ3v) is 7.87. The summed E-state index contributed by atoms with van der Waals surface area (Å²) >= 11 is 1.39. The fourth-order valence-corrected chi connectivity index (χ4v) is 5.61. The van der Waals surface area contributed by atoms with Crippen molar-refractivity contribution in [1.29, 1.82) is 5.26 Å². The molecule has 4 heterocycles. The maximum atomic E-state index is 13.0. The van der Waals surface area contributed by atoms with E-state index in [4.69, 9.17) is 5.26 Å². The molecule has 3 aliphatic heterocycles. The molecule has 33 heavy (non-hydrogen) atoms. The molecule has 3 saturated heterocycles. The fraction of sp³-hybridized carbons (Fsp3) is 0.500. The van der Waals surface area contributed by atoms with Crippen molar-refractivity contribution < 1.29 is 9.59 Å². The molecular formula is C24H28N6O2S. The lowest BCUT2D eigenvalue weighted by Crippen LogP contribution is -2.65. The molecule has 5 rings (SSSR count). The maximum absolute atomic E-state index is 13.0. The van der Waals surface area contributed by atoms with E-state index in [0.717, 1.165) is 70.9 Å². The van der Waals surface area contributed by atoms with Crippen LogP contribution in [0.25, 0.3) is 0 Å². The van der Waals surface area contributed by atoms with Gasteiger partial charge in [-0.3, -0.25) is 14.5 Å². The summed E-state index contributed by atoms with van der Waals surface area (Å²) in [5, 5.41) is 11.4. The number of nitrogens with zero attached hydrogens (tertiary/aromatic N) is 6. The van der Waals surface area contributed by atoms with Gasteiger partial charge in [-0.15, -0.1) is 11.3 Å². The van der Waals surface area contributed by atoms with Crippen LogP contribution >= 0.6 is 11.3 Å². The van der Waals surface area contributed by atoms with Gasteiger partial charge in [0.1, 0.15) is 0 Å². The number of nitriles is 1. The van der Waals surface area contributed by atoms with Gasteiger partial charge in [-0.1, -0.05) is 0 Å². The molecule has 1 aromatic carbocycles. The number of amides is 2. The Labute approximate surface area is 198 Å². The van der Waals surface area contributed by atoms with Gasteiger partial charge in [0.05, 0.1) is 11.6 Å². The summed E-state index contributed by atoms with van der Waals surface area (Å²) in [6, 6.07) is 10.2. The molecule has 0 atom stereocenters. The van der Waals surface area contributed by atoms with Crippen LogP contribution in [0.5, 0.6) is 0 Å². The molecular weight excluding hydrogens is 436 g/mol. The number of thiazole rings is 1. The zero-order chi connectivity index (χ0) is 22.8. The Bertz CT molecular complexity index is 1010. The van der Waals surface area contributed by atoms with Crippen molar-refractivity contribution >= 4 is 28.8 Å². The highest BCUT2D eigenvalue weighted by molar-refractivity contribution is 7.11. The van der Waals surface area contributed by atoms with Crippen LogP contribution < -0.4 is 4.90 Å². The van der Waals surface area contributed by atoms with Gasteiger partial charge in [-0.2, -0.15) is 5.26 Å². The van der Waals surface area contributed by atoms with Crippen LogP contribution in [0, 0.1) is 17.2 Å². The van der Waals surface area contributed by atoms with Crippen molar-refractivity contribution in [2.75, 3.05) is 57.3 Å². The van der Waals surface area contributed by atoms with Crippen molar-refractivity contribution in [3.63, 3.8) is 0 Å². The van der Waals surface area contributed by atoms with Crippen LogP contribution in [0.15, 0.2) is 35.8 Å². The average Bonchev–Trinajstić information content (AvgIpc) is 3.38. The Morgan fingerprint density at radius 3 is 2.27 bits per heavy atom. The Morgan fingerprint density at radius 1 is 0.970 bits per heavy atom. The second kappa shape index (κ2) is 9.49. The molecule has 2 aromatic rings. The lowest BCUT2D eigenvalue weighted by atomic mass is 9.92. The predicted octanol–water partition coefficient (Wildman–Crippen LogP) is 1.90. The molecule has 0 aliphatic carbocycles. The SMILES string of the molecule is N#Cc1ccc(N2CCC(C(=O)N3CC(N4CCN(C(=O)c5nccs5)CC4)C3)CC2)cc1. The van der Waals surface area contributed by atoms with Crippen molar-refractivity contribution in [2.45, 2.75) is 18.9 Å². The summed E-state index contributed by atoms with van der Waals surface area (Å²) in [5.74, 6) is 0.430. The summed E-state index contributed by atoms with van der Waals surface area (Å²) in [6.45, 7) is 6.49. The molecule has 172 valence electrons. The van der Waals surface area contributed by atoms with Gasteiger partial charge in [-0.25, -0.2) is 4.98 Å². The number of likely N-dealkylation sites (tertiary alicyclic amines) is 1. The summed E-state index contributed by atoms with van der Waals surface area (Å²) < 4.78 is 0. The van der Waals surface area contributed by atoms with Gasteiger partial charge in [0, 0.05) is 81.6 Å². The Morgan fingerprint density at radius 2 is 1.67 bits per heavy atom. The van der Waals surface area contributed by atoms with E-state index < -0.39 is 0 Å². The summed E-state index contributed by atoms with van der Waals surface area (Å²) in [4.78, 5) is 38.2. The quantitative estimate of drug-likeness (QED) is 0.687. The van der Waals surface area contributed by atoms with E-state index in [1.807, 2.05) is 39.4 Å². The van der Waals surface area contributed by atoms with E-state index in [9.17, 15) is 9.59 Å². The first-order valence-corrected chi connectivity index (χ1v) is 12.5. The standard InChI is InChI=1S/C24H28N6O2S/c25-15-18-1-3-20(4-2-18)27-8-5-19(6-9-27)23(31)30-16-21(17-30)28-10-12-29(13-11-28)24(32)22-26-7-14-33-22/h1-4,7,14,19,21H,5-6,8-13,16-17H2. The molecule has 3 aliphatic rings. The zero-order valence-electron chi connectivity index (χ0n) is 18.6. The fourth-order valence-electron chi connectivity index (χ4n) is 5.01. The first-order chi connectivity index (χ1) is 16.1. The van der Waals surface area contributed by atoms with Crippen molar-refractivity contribution in [1.82, 2.24) is 19.7 Å². The average molecular weight is 465 g/mol. The normalized spacial score (nSPS) is 20.4. The number of carbonyl (C=O) groups excluding carboxylic acids is 2. The molecule has 8 nitrogen and oxygen atoms in total. The Kier molecular flexibility index (Phi) is 6.29. The predicted molar refractivity (Wildman–Crippen MR) is 126 cm³/mol. The number of aromatic nitrogens is 1. The highest BCUT2D eigenvalue weighted by atomic mass is 32.1. The first kappa shape index (κ1) is 21.9. The second-order valence-electron chi connectivity index (χ2n) is 8.98. The maximum Gasteiger partial charge on any atom is 0.282 e. The second-order valence-corrected chi connectivity index (χ2v) is 9.88. The third-order valence-electron chi connectivity index (χ3n) is 7.11. The summed E-state index contributed by atoms with van der Waals surface area (Å²) in [6.07, 6.45) is 3.42. The minimum absolute atomic E-state index is 0.0300. The number of carbonyl (C=O) groups is 2. The number of rotatable bonds is 4. The number of piperidine rings is 1. The van der Waals surface area contributed by atoms with E-state index >= 15 is 0 Å². The van der Waals surface area contributed by atoms with Crippen LogP contribution in [-0.2, 0) is 4.79 Å². The number of hydrogen-bond acceptors (Lipinski definition) is 7. The van der Waals surface area contributed by atoms with Gasteiger partial charge in [0.2, 0.25) is 5.91 Å². The Hall–Kier alpha value is -2.96. The molecule has 2 amide bonds. The van der Waals surface area contributed by atoms with E-state index in [-0.39, 0.29) is 11.8 Å². The number of hydrogen-bond donors (Lipinski definition) is 0. The first-order valence-electron chi connectivity index (χ1n) is 11.6. The Balaban J connectivity index is 1.05. The molecule has 0 bridgehead atoms. The van der Waals surface area contributed by atoms with Gasteiger partial charge in [-0.05, 0) is 37.1 Å². The van der Waals surface area contributed by atoms with E-state index in [1.54, 1.807) is 6.20 Å². The van der Waals surface area contributed by atoms with Crippen LogP contribution in [0.2, 0.25) is 0 Å². The van der Waals surface area contributed by atoms with Gasteiger partial charge < -0.3 is 14.7 Å². The largest absolute Gasteiger partial charge is 0.371 e. The molecule has 0 radical (unpaired) electrons. The van der Waals surface area contributed by atoms with E-state index in [2.05, 4.69) is 20.9 Å². The van der Waals surface area contributed by atoms with Gasteiger partial charge in [0.15, 0.2) is 5.01 Å². The van der Waals surface area contributed by atoms with E-state index in [1.165, 1.54) is 11.3 Å². The van der Waals surface area contributed by atoms with Gasteiger partial charge in [0.25, 0.3) is 5.91 Å². The summed E-state index contributed by atoms with van der Waals surface area (Å²) in [7, 11) is 0. The monoisotopic (exact) mass is 464 g/mol. The zero-order valence-corrected chi connectivity index (χ0v) is 19.4. The van der Waals surface area contributed by atoms with Crippen LogP contribution in [0.4, 0.5) is 5.69 Å². The third kappa shape index (κ3) is 4.59. The topological polar surface area (TPSA) is 83.8 Å². The molecule has 0 N–H and O–H groups in total.